The molecule has 31 heavy (non-hydrogen) atoms. The van der Waals surface area contributed by atoms with Crippen molar-refractivity contribution in [2.45, 2.75) is 32.9 Å². The largest absolute Gasteiger partial charge is 0.495 e. The maximum absolute atomic E-state index is 12.1. The number of nitrogens with one attached hydrogen (secondary N) is 1. The highest BCUT2D eigenvalue weighted by Gasteiger charge is 2.14. The van der Waals surface area contributed by atoms with Crippen LogP contribution in [-0.2, 0) is 4.79 Å². The zero-order valence-corrected chi connectivity index (χ0v) is 19.6. The van der Waals surface area contributed by atoms with E-state index in [0.29, 0.717) is 15.9 Å². The Hall–Kier alpha value is -2.84. The summed E-state index contributed by atoms with van der Waals surface area (Å²) in [6.45, 7) is 7.77. The molecule has 0 fully saturated rings. The normalized spacial score (nSPS) is 11.2. The number of hydrogen-bond donors (Lipinski definition) is 1. The first kappa shape index (κ1) is 22.8. The molecule has 0 atom stereocenters. The number of benzene rings is 1. The first-order valence-electron chi connectivity index (χ1n) is 9.58. The molecule has 0 bridgehead atoms. The number of amides is 1. The minimum atomic E-state index is -0.227. The number of nitrogens with zero attached hydrogens (tertiary/aromatic N) is 4. The Morgan fingerprint density at radius 2 is 1.90 bits per heavy atom. The van der Waals surface area contributed by atoms with E-state index < -0.39 is 0 Å². The Bertz CT molecular complexity index is 1120. The van der Waals surface area contributed by atoms with Crippen molar-refractivity contribution in [1.82, 2.24) is 20.0 Å². The highest BCUT2D eigenvalue weighted by atomic mass is 35.5. The molecule has 2 heterocycles. The lowest BCUT2D eigenvalue weighted by molar-refractivity contribution is -0.118. The Kier molecular flexibility index (Phi) is 7.35. The van der Waals surface area contributed by atoms with Crippen molar-refractivity contribution in [3.8, 4) is 11.4 Å². The van der Waals surface area contributed by atoms with Crippen LogP contribution in [0, 0.1) is 27.7 Å². The zero-order chi connectivity index (χ0) is 22.5. The van der Waals surface area contributed by atoms with Crippen molar-refractivity contribution in [3.63, 3.8) is 0 Å². The Labute approximate surface area is 190 Å². The van der Waals surface area contributed by atoms with Gasteiger partial charge in [-0.05, 0) is 58.0 Å². The number of carbonyl (C=O) groups excluding carboxylic acids is 1. The standard InChI is InChI=1S/C22H24ClN5O2S/c1-13-8-14(2)26-22(25-13)31-12-21(29)27-24-11-17-9-15(3)28(16(17)4)19-10-18(23)6-7-20(19)30-5/h6-11H,12H2,1-5H3,(H,27,29)/b24-11-. The number of aryl methyl sites for hydroxylation is 3. The molecule has 0 aliphatic heterocycles. The average Bonchev–Trinajstić information content (AvgIpc) is 2.99. The summed E-state index contributed by atoms with van der Waals surface area (Å²) < 4.78 is 7.52. The molecular weight excluding hydrogens is 434 g/mol. The molecule has 0 spiro atoms. The third-order valence-electron chi connectivity index (χ3n) is 4.54. The van der Waals surface area contributed by atoms with Gasteiger partial charge < -0.3 is 9.30 Å². The summed E-state index contributed by atoms with van der Waals surface area (Å²) in [4.78, 5) is 20.8. The van der Waals surface area contributed by atoms with Gasteiger partial charge in [0.15, 0.2) is 5.16 Å². The van der Waals surface area contributed by atoms with E-state index in [2.05, 4.69) is 20.5 Å². The van der Waals surface area contributed by atoms with Crippen LogP contribution in [0.5, 0.6) is 5.75 Å². The number of hydrazone groups is 1. The van der Waals surface area contributed by atoms with Crippen LogP contribution < -0.4 is 10.2 Å². The molecule has 0 saturated heterocycles. The first-order chi connectivity index (χ1) is 14.8. The van der Waals surface area contributed by atoms with Crippen molar-refractivity contribution in [2.75, 3.05) is 12.9 Å². The summed E-state index contributed by atoms with van der Waals surface area (Å²) in [6.07, 6.45) is 1.63. The lowest BCUT2D eigenvalue weighted by Gasteiger charge is -2.14. The molecule has 1 amide bonds. The Morgan fingerprint density at radius 1 is 1.19 bits per heavy atom. The highest BCUT2D eigenvalue weighted by Crippen LogP contribution is 2.30. The monoisotopic (exact) mass is 457 g/mol. The third-order valence-corrected chi connectivity index (χ3v) is 5.62. The van der Waals surface area contributed by atoms with Crippen molar-refractivity contribution in [3.05, 3.63) is 63.7 Å². The van der Waals surface area contributed by atoms with Crippen LogP contribution >= 0.6 is 23.4 Å². The van der Waals surface area contributed by atoms with E-state index in [0.717, 1.165) is 34.0 Å². The van der Waals surface area contributed by atoms with Gasteiger partial charge in [0.1, 0.15) is 5.75 Å². The van der Waals surface area contributed by atoms with E-state index in [1.165, 1.54) is 11.8 Å². The summed E-state index contributed by atoms with van der Waals surface area (Å²) in [7, 11) is 1.62. The fourth-order valence-corrected chi connectivity index (χ4v) is 4.13. The van der Waals surface area contributed by atoms with Gasteiger partial charge in [0.25, 0.3) is 5.91 Å². The second-order valence-electron chi connectivity index (χ2n) is 6.99. The highest BCUT2D eigenvalue weighted by molar-refractivity contribution is 7.99. The molecule has 0 aliphatic carbocycles. The number of thioether (sulfide) groups is 1. The van der Waals surface area contributed by atoms with E-state index in [9.17, 15) is 4.79 Å². The van der Waals surface area contributed by atoms with E-state index >= 15 is 0 Å². The molecule has 0 radical (unpaired) electrons. The van der Waals surface area contributed by atoms with Gasteiger partial charge in [-0.3, -0.25) is 4.79 Å². The van der Waals surface area contributed by atoms with Crippen molar-refractivity contribution in [2.24, 2.45) is 5.10 Å². The molecular formula is C22H24ClN5O2S. The number of hydrogen-bond acceptors (Lipinski definition) is 6. The molecule has 0 saturated carbocycles. The SMILES string of the molecule is COc1ccc(Cl)cc1-n1c(C)cc(/C=N\NC(=O)CSc2nc(C)cc(C)n2)c1C. The molecule has 2 aromatic heterocycles. The Morgan fingerprint density at radius 3 is 2.58 bits per heavy atom. The lowest BCUT2D eigenvalue weighted by atomic mass is 10.2. The van der Waals surface area contributed by atoms with Crippen LogP contribution in [-0.4, -0.2) is 39.5 Å². The van der Waals surface area contributed by atoms with Crippen LogP contribution in [0.4, 0.5) is 0 Å². The summed E-state index contributed by atoms with van der Waals surface area (Å²) in [5.41, 5.74) is 7.98. The van der Waals surface area contributed by atoms with E-state index in [1.807, 2.05) is 56.5 Å². The quantitative estimate of drug-likeness (QED) is 0.246. The molecule has 0 unspecified atom stereocenters. The summed E-state index contributed by atoms with van der Waals surface area (Å²) in [5, 5.41) is 5.31. The third kappa shape index (κ3) is 5.65. The van der Waals surface area contributed by atoms with Crippen molar-refractivity contribution >= 4 is 35.5 Å². The van der Waals surface area contributed by atoms with Crippen LogP contribution in [0.1, 0.15) is 28.3 Å². The molecule has 0 aliphatic rings. The van der Waals surface area contributed by atoms with E-state index in [-0.39, 0.29) is 11.7 Å². The summed E-state index contributed by atoms with van der Waals surface area (Å²) in [6, 6.07) is 9.36. The molecule has 1 aromatic carbocycles. The maximum atomic E-state index is 12.1. The number of ether oxygens (including phenoxy) is 1. The van der Waals surface area contributed by atoms with Gasteiger partial charge in [0, 0.05) is 33.4 Å². The second kappa shape index (κ2) is 9.98. The van der Waals surface area contributed by atoms with E-state index in [1.54, 1.807) is 19.4 Å². The van der Waals surface area contributed by atoms with Crippen LogP contribution in [0.15, 0.2) is 40.6 Å². The predicted molar refractivity (Wildman–Crippen MR) is 125 cm³/mol. The number of carbonyl (C=O) groups is 1. The average molecular weight is 458 g/mol. The molecule has 3 aromatic rings. The molecule has 7 nitrogen and oxygen atoms in total. The van der Waals surface area contributed by atoms with Crippen molar-refractivity contribution in [1.29, 1.82) is 0 Å². The Balaban J connectivity index is 1.69. The van der Waals surface area contributed by atoms with Gasteiger partial charge in [-0.15, -0.1) is 0 Å². The minimum absolute atomic E-state index is 0.180. The second-order valence-corrected chi connectivity index (χ2v) is 8.37. The topological polar surface area (TPSA) is 81.4 Å². The number of rotatable bonds is 7. The van der Waals surface area contributed by atoms with Gasteiger partial charge >= 0.3 is 0 Å². The van der Waals surface area contributed by atoms with Gasteiger partial charge in [0.2, 0.25) is 0 Å². The zero-order valence-electron chi connectivity index (χ0n) is 18.1. The van der Waals surface area contributed by atoms with E-state index in [4.69, 9.17) is 16.3 Å². The summed E-state index contributed by atoms with van der Waals surface area (Å²) >= 11 is 7.47. The molecule has 1 N–H and O–H groups in total. The predicted octanol–water partition coefficient (Wildman–Crippen LogP) is 4.41. The van der Waals surface area contributed by atoms with Crippen molar-refractivity contribution < 1.29 is 9.53 Å². The van der Waals surface area contributed by atoms with Crippen LogP contribution in [0.2, 0.25) is 5.02 Å². The van der Waals surface area contributed by atoms with Crippen LogP contribution in [0.25, 0.3) is 5.69 Å². The van der Waals surface area contributed by atoms with Crippen LogP contribution in [0.3, 0.4) is 0 Å². The molecule has 3 rings (SSSR count). The number of aromatic nitrogens is 3. The van der Waals surface area contributed by atoms with Gasteiger partial charge in [-0.25, -0.2) is 15.4 Å². The minimum Gasteiger partial charge on any atom is -0.495 e. The summed E-state index contributed by atoms with van der Waals surface area (Å²) in [5.74, 6) is 0.668. The lowest BCUT2D eigenvalue weighted by Crippen LogP contribution is -2.19. The molecule has 162 valence electrons. The van der Waals surface area contributed by atoms with Gasteiger partial charge in [-0.1, -0.05) is 23.4 Å². The number of halogens is 1. The maximum Gasteiger partial charge on any atom is 0.250 e. The fourth-order valence-electron chi connectivity index (χ4n) is 3.22. The number of methoxy groups -OCH3 is 1. The smallest absolute Gasteiger partial charge is 0.250 e. The molecule has 9 heteroatoms. The van der Waals surface area contributed by atoms with Gasteiger partial charge in [-0.2, -0.15) is 5.10 Å². The fraction of sp³-hybridized carbons (Fsp3) is 0.273. The van der Waals surface area contributed by atoms with Gasteiger partial charge in [0.05, 0.1) is 24.8 Å². The first-order valence-corrected chi connectivity index (χ1v) is 10.9.